The van der Waals surface area contributed by atoms with Crippen LogP contribution < -0.4 is 5.73 Å². The van der Waals surface area contributed by atoms with Gasteiger partial charge in [-0.1, -0.05) is 30.3 Å². The number of aryl methyl sites for hydroxylation is 1. The summed E-state index contributed by atoms with van der Waals surface area (Å²) in [6.07, 6.45) is 4.30. The number of fused-ring (bicyclic) bond motifs is 1. The molecule has 2 unspecified atom stereocenters. The average Bonchev–Trinajstić information content (AvgIpc) is 3.11. The summed E-state index contributed by atoms with van der Waals surface area (Å²) in [5.41, 5.74) is 9.25. The smallest absolute Gasteiger partial charge is 0.223 e. The topological polar surface area (TPSA) is 64.2 Å². The number of rotatable bonds is 5. The molecule has 1 aliphatic rings. The number of hydrogen-bond donors (Lipinski definition) is 1. The van der Waals surface area contributed by atoms with Gasteiger partial charge in [0.05, 0.1) is 11.0 Å². The molecule has 1 fully saturated rings. The number of nitrogens with two attached hydrogens (primary N) is 1. The predicted octanol–water partition coefficient (Wildman–Crippen LogP) is 4.11. The molecular weight excluding hydrogens is 384 g/mol. The number of para-hydroxylation sites is 3. The van der Waals surface area contributed by atoms with Gasteiger partial charge in [-0.25, -0.2) is 4.98 Å². The van der Waals surface area contributed by atoms with Crippen LogP contribution in [-0.2, 0) is 11.2 Å². The van der Waals surface area contributed by atoms with Gasteiger partial charge < -0.3 is 10.6 Å². The monoisotopic (exact) mass is 412 g/mol. The maximum Gasteiger partial charge on any atom is 0.223 e. The maximum atomic E-state index is 13.0. The Balaban J connectivity index is 0.00000240. The van der Waals surface area contributed by atoms with Crippen molar-refractivity contribution in [1.29, 1.82) is 0 Å². The largest absolute Gasteiger partial charge is 0.338 e. The van der Waals surface area contributed by atoms with Crippen LogP contribution in [0, 0.1) is 0 Å². The van der Waals surface area contributed by atoms with Crippen LogP contribution in [0.3, 0.4) is 0 Å². The van der Waals surface area contributed by atoms with E-state index in [1.165, 1.54) is 0 Å². The molecule has 0 aliphatic carbocycles. The van der Waals surface area contributed by atoms with Crippen molar-refractivity contribution in [2.24, 2.45) is 5.73 Å². The van der Waals surface area contributed by atoms with Gasteiger partial charge in [-0.2, -0.15) is 0 Å². The van der Waals surface area contributed by atoms with Crippen molar-refractivity contribution in [2.75, 3.05) is 6.54 Å². The van der Waals surface area contributed by atoms with Gasteiger partial charge in [0, 0.05) is 37.2 Å². The molecule has 0 radical (unpaired) electrons. The molecule has 1 aromatic heterocycles. The Hall–Kier alpha value is -2.37. The highest BCUT2D eigenvalue weighted by Gasteiger charge is 2.29. The van der Waals surface area contributed by atoms with Gasteiger partial charge in [0.1, 0.15) is 5.82 Å². The molecule has 0 bridgehead atoms. The lowest BCUT2D eigenvalue weighted by atomic mass is 9.96. The van der Waals surface area contributed by atoms with Gasteiger partial charge >= 0.3 is 0 Å². The minimum absolute atomic E-state index is 0. The fourth-order valence-electron chi connectivity index (χ4n) is 4.28. The first-order valence-corrected chi connectivity index (χ1v) is 10.2. The van der Waals surface area contributed by atoms with Gasteiger partial charge in [0.15, 0.2) is 0 Å². The number of carbonyl (C=O) groups excluding carboxylic acids is 1. The van der Waals surface area contributed by atoms with Gasteiger partial charge in [0.2, 0.25) is 5.91 Å². The number of aromatic nitrogens is 2. The van der Waals surface area contributed by atoms with Crippen LogP contribution in [0.15, 0.2) is 54.6 Å². The summed E-state index contributed by atoms with van der Waals surface area (Å²) in [7, 11) is 0. The number of halogens is 1. The zero-order chi connectivity index (χ0) is 19.5. The second-order valence-corrected chi connectivity index (χ2v) is 7.70. The highest BCUT2D eigenvalue weighted by molar-refractivity contribution is 5.85. The summed E-state index contributed by atoms with van der Waals surface area (Å²) in [4.78, 5) is 19.8. The van der Waals surface area contributed by atoms with E-state index in [-0.39, 0.29) is 30.4 Å². The number of imidazole rings is 1. The lowest BCUT2D eigenvalue weighted by Crippen LogP contribution is -2.51. The highest BCUT2D eigenvalue weighted by Crippen LogP contribution is 2.24. The zero-order valence-corrected chi connectivity index (χ0v) is 17.6. The summed E-state index contributed by atoms with van der Waals surface area (Å²) in [5, 5.41) is 0. The van der Waals surface area contributed by atoms with Crippen LogP contribution in [0.1, 0.15) is 38.4 Å². The lowest BCUT2D eigenvalue weighted by molar-refractivity contribution is -0.135. The molecule has 2 atom stereocenters. The average molecular weight is 413 g/mol. The van der Waals surface area contributed by atoms with Crippen LogP contribution in [-0.4, -0.2) is 39.0 Å². The molecule has 1 amide bonds. The molecule has 154 valence electrons. The van der Waals surface area contributed by atoms with Crippen molar-refractivity contribution >= 4 is 29.3 Å². The quantitative estimate of drug-likeness (QED) is 0.685. The van der Waals surface area contributed by atoms with E-state index in [1.54, 1.807) is 0 Å². The normalized spacial score (nSPS) is 17.7. The summed E-state index contributed by atoms with van der Waals surface area (Å²) in [6.45, 7) is 2.82. The Morgan fingerprint density at radius 2 is 1.86 bits per heavy atom. The summed E-state index contributed by atoms with van der Waals surface area (Å²) >= 11 is 0. The Morgan fingerprint density at radius 3 is 2.62 bits per heavy atom. The maximum absolute atomic E-state index is 13.0. The third-order valence-electron chi connectivity index (χ3n) is 5.68. The molecule has 2 heterocycles. The number of piperidine rings is 1. The first-order chi connectivity index (χ1) is 13.6. The fraction of sp³-hybridized carbons (Fsp3) is 0.391. The molecule has 0 spiro atoms. The third-order valence-corrected chi connectivity index (χ3v) is 5.68. The number of amides is 1. The predicted molar refractivity (Wildman–Crippen MR) is 120 cm³/mol. The van der Waals surface area contributed by atoms with Gasteiger partial charge in [-0.3, -0.25) is 9.36 Å². The van der Waals surface area contributed by atoms with Crippen molar-refractivity contribution in [1.82, 2.24) is 14.5 Å². The molecule has 3 aromatic rings. The van der Waals surface area contributed by atoms with E-state index in [0.29, 0.717) is 12.8 Å². The van der Waals surface area contributed by atoms with Crippen molar-refractivity contribution in [3.8, 4) is 5.69 Å². The van der Waals surface area contributed by atoms with E-state index >= 15 is 0 Å². The van der Waals surface area contributed by atoms with Crippen molar-refractivity contribution in [2.45, 2.75) is 51.1 Å². The van der Waals surface area contributed by atoms with Gasteiger partial charge in [0.25, 0.3) is 0 Å². The molecule has 1 saturated heterocycles. The van der Waals surface area contributed by atoms with E-state index in [2.05, 4.69) is 22.8 Å². The molecule has 4 rings (SSSR count). The first-order valence-electron chi connectivity index (χ1n) is 10.2. The lowest BCUT2D eigenvalue weighted by Gasteiger charge is -2.38. The summed E-state index contributed by atoms with van der Waals surface area (Å²) in [6, 6.07) is 18.5. The van der Waals surface area contributed by atoms with Gasteiger partial charge in [-0.05, 0) is 50.5 Å². The molecule has 29 heavy (non-hydrogen) atoms. The fourth-order valence-corrected chi connectivity index (χ4v) is 4.28. The van der Waals surface area contributed by atoms with Crippen molar-refractivity contribution < 1.29 is 4.79 Å². The Labute approximate surface area is 178 Å². The molecular formula is C23H29ClN4O. The van der Waals surface area contributed by atoms with E-state index in [1.807, 2.05) is 48.2 Å². The second-order valence-electron chi connectivity index (χ2n) is 7.70. The SMILES string of the molecule is CC(N)C1CCCCN1C(=O)CCc1nc2ccccc2n1-c1ccccc1.Cl. The summed E-state index contributed by atoms with van der Waals surface area (Å²) in [5.74, 6) is 1.11. The summed E-state index contributed by atoms with van der Waals surface area (Å²) < 4.78 is 2.17. The van der Waals surface area contributed by atoms with E-state index < -0.39 is 0 Å². The standard InChI is InChI=1S/C23H28N4O.ClH/c1-17(24)20-12-7-8-16-26(20)23(28)15-14-22-25-19-11-5-6-13-21(19)27(22)18-9-3-2-4-10-18;/h2-6,9-11,13,17,20H,7-8,12,14-16,24H2,1H3;1H. The Bertz CT molecular complexity index is 954. The van der Waals surface area contributed by atoms with E-state index in [9.17, 15) is 4.79 Å². The van der Waals surface area contributed by atoms with Crippen LogP contribution in [0.5, 0.6) is 0 Å². The van der Waals surface area contributed by atoms with Gasteiger partial charge in [-0.15, -0.1) is 12.4 Å². The number of likely N-dealkylation sites (tertiary alicyclic amines) is 1. The zero-order valence-electron chi connectivity index (χ0n) is 16.8. The van der Waals surface area contributed by atoms with Crippen molar-refractivity contribution in [3.63, 3.8) is 0 Å². The molecule has 6 heteroatoms. The second kappa shape index (κ2) is 9.42. The Morgan fingerprint density at radius 1 is 1.14 bits per heavy atom. The molecule has 1 aliphatic heterocycles. The molecule has 0 saturated carbocycles. The Kier molecular flexibility index (Phi) is 6.93. The minimum atomic E-state index is 0. The van der Waals surface area contributed by atoms with Crippen LogP contribution in [0.2, 0.25) is 0 Å². The van der Waals surface area contributed by atoms with Crippen LogP contribution in [0.25, 0.3) is 16.7 Å². The molecule has 5 nitrogen and oxygen atoms in total. The number of benzene rings is 2. The van der Waals surface area contributed by atoms with E-state index in [0.717, 1.165) is 48.4 Å². The third kappa shape index (κ3) is 4.46. The highest BCUT2D eigenvalue weighted by atomic mass is 35.5. The number of carbonyl (C=O) groups is 1. The van der Waals surface area contributed by atoms with Crippen LogP contribution >= 0.6 is 12.4 Å². The minimum Gasteiger partial charge on any atom is -0.338 e. The number of hydrogen-bond acceptors (Lipinski definition) is 3. The first kappa shape index (κ1) is 21.3. The molecule has 2 aromatic carbocycles. The number of nitrogens with zero attached hydrogens (tertiary/aromatic N) is 3. The van der Waals surface area contributed by atoms with Crippen molar-refractivity contribution in [3.05, 3.63) is 60.4 Å². The van der Waals surface area contributed by atoms with E-state index in [4.69, 9.17) is 10.7 Å². The van der Waals surface area contributed by atoms with Crippen LogP contribution in [0.4, 0.5) is 0 Å². The molecule has 2 N–H and O–H groups in total.